The van der Waals surface area contributed by atoms with E-state index in [0.717, 1.165) is 5.56 Å². The number of Topliss-reactive ketones (excluding diaryl/α,β-unsaturated/α-hetero) is 1. The molecule has 0 aliphatic carbocycles. The van der Waals surface area contributed by atoms with E-state index in [4.69, 9.17) is 0 Å². The minimum absolute atomic E-state index is 0.00650. The number of carbonyl (C=O) groups excluding carboxylic acids is 2. The minimum atomic E-state index is -4.84. The molecule has 2 aromatic heterocycles. The van der Waals surface area contributed by atoms with Crippen LogP contribution < -0.4 is 10.6 Å². The number of aromatic amines is 1. The van der Waals surface area contributed by atoms with Crippen LogP contribution in [0.3, 0.4) is 0 Å². The molecule has 0 unspecified atom stereocenters. The van der Waals surface area contributed by atoms with E-state index in [1.807, 2.05) is 12.1 Å². The Morgan fingerprint density at radius 1 is 1.00 bits per heavy atom. The molecular weight excluding hydrogens is 466 g/mol. The fraction of sp³-hybridized carbons (Fsp3) is 0.167. The summed E-state index contributed by atoms with van der Waals surface area (Å²) in [5, 5.41) is 5.70. The van der Waals surface area contributed by atoms with E-state index in [9.17, 15) is 27.2 Å². The molecule has 0 bridgehead atoms. The number of alkyl halides is 3. The molecule has 0 saturated carbocycles. The van der Waals surface area contributed by atoms with Crippen LogP contribution in [0.15, 0.2) is 55.0 Å². The number of benzene rings is 2. The molecule has 3 N–H and O–H groups in total. The van der Waals surface area contributed by atoms with Crippen molar-refractivity contribution in [1.82, 2.24) is 20.3 Å². The van der Waals surface area contributed by atoms with Gasteiger partial charge >= 0.3 is 6.18 Å². The highest BCUT2D eigenvalue weighted by molar-refractivity contribution is 6.05. The molecule has 2 heterocycles. The van der Waals surface area contributed by atoms with Gasteiger partial charge in [-0.05, 0) is 30.2 Å². The molecule has 1 amide bonds. The summed E-state index contributed by atoms with van der Waals surface area (Å²) < 4.78 is 52.2. The third kappa shape index (κ3) is 5.29. The van der Waals surface area contributed by atoms with Gasteiger partial charge in [-0.15, -0.1) is 0 Å². The largest absolute Gasteiger partial charge is 0.419 e. The van der Waals surface area contributed by atoms with Gasteiger partial charge in [0, 0.05) is 24.8 Å². The van der Waals surface area contributed by atoms with Crippen LogP contribution in [0.2, 0.25) is 0 Å². The molecule has 11 heteroatoms. The van der Waals surface area contributed by atoms with Gasteiger partial charge in [0.25, 0.3) is 5.91 Å². The van der Waals surface area contributed by atoms with Crippen molar-refractivity contribution < 1.29 is 27.2 Å². The molecule has 0 aliphatic heterocycles. The second-order valence-corrected chi connectivity index (χ2v) is 7.75. The van der Waals surface area contributed by atoms with Crippen molar-refractivity contribution in [3.63, 3.8) is 0 Å². The lowest BCUT2D eigenvalue weighted by Gasteiger charge is -2.11. The SMILES string of the molecule is CC(=O)c1ccc(CNc2c[nH]c3c(C(=O)NCc4ccc(F)c(C(F)(F)F)c4)ncnc23)cc1. The van der Waals surface area contributed by atoms with Crippen LogP contribution in [0.4, 0.5) is 23.2 Å². The Hall–Kier alpha value is -4.28. The van der Waals surface area contributed by atoms with Crippen LogP contribution in [-0.4, -0.2) is 26.6 Å². The van der Waals surface area contributed by atoms with Crippen LogP contribution in [0.25, 0.3) is 11.0 Å². The summed E-state index contributed by atoms with van der Waals surface area (Å²) in [7, 11) is 0. The van der Waals surface area contributed by atoms with Gasteiger partial charge in [-0.1, -0.05) is 30.3 Å². The molecule has 0 spiro atoms. The number of anilines is 1. The first-order valence-electron chi connectivity index (χ1n) is 10.4. The first kappa shape index (κ1) is 23.9. The summed E-state index contributed by atoms with van der Waals surface area (Å²) in [6.07, 6.45) is -2.01. The second-order valence-electron chi connectivity index (χ2n) is 7.75. The number of aromatic nitrogens is 3. The number of ketones is 1. The Labute approximate surface area is 196 Å². The Morgan fingerprint density at radius 2 is 1.71 bits per heavy atom. The van der Waals surface area contributed by atoms with E-state index in [1.165, 1.54) is 19.3 Å². The quantitative estimate of drug-likeness (QED) is 0.257. The number of hydrogen-bond acceptors (Lipinski definition) is 5. The lowest BCUT2D eigenvalue weighted by Crippen LogP contribution is -2.24. The number of H-pyrrole nitrogens is 1. The number of nitrogens with zero attached hydrogens (tertiary/aromatic N) is 2. The van der Waals surface area contributed by atoms with Gasteiger partial charge in [-0.25, -0.2) is 14.4 Å². The van der Waals surface area contributed by atoms with Crippen LogP contribution in [0.1, 0.15) is 44.5 Å². The standard InChI is InChI=1S/C24H19F4N5O2/c1-13(34)16-5-2-14(3-6-16)9-29-19-11-30-21-20(19)32-12-33-22(21)23(35)31-10-15-4-7-18(25)17(8-15)24(26,27)28/h2-8,11-12,29-30H,9-10H2,1H3,(H,31,35). The van der Waals surface area contributed by atoms with Gasteiger partial charge in [0.2, 0.25) is 0 Å². The first-order chi connectivity index (χ1) is 16.6. The lowest BCUT2D eigenvalue weighted by molar-refractivity contribution is -0.140. The van der Waals surface area contributed by atoms with Crippen LogP contribution >= 0.6 is 0 Å². The summed E-state index contributed by atoms with van der Waals surface area (Å²) in [5.74, 6) is -2.04. The molecule has 2 aromatic carbocycles. The van der Waals surface area contributed by atoms with Crippen molar-refractivity contribution in [2.24, 2.45) is 0 Å². The molecule has 4 rings (SSSR count). The zero-order valence-corrected chi connectivity index (χ0v) is 18.3. The number of halogens is 4. The third-order valence-corrected chi connectivity index (χ3v) is 5.31. The highest BCUT2D eigenvalue weighted by Gasteiger charge is 2.34. The summed E-state index contributed by atoms with van der Waals surface area (Å²) >= 11 is 0. The lowest BCUT2D eigenvalue weighted by atomic mass is 10.1. The average Bonchev–Trinajstić information content (AvgIpc) is 3.24. The molecular formula is C24H19F4N5O2. The molecule has 180 valence electrons. The molecule has 0 fully saturated rings. The molecule has 35 heavy (non-hydrogen) atoms. The van der Waals surface area contributed by atoms with E-state index >= 15 is 0 Å². The van der Waals surface area contributed by atoms with Crippen molar-refractivity contribution >= 4 is 28.4 Å². The van der Waals surface area contributed by atoms with Crippen LogP contribution in [0, 0.1) is 5.82 Å². The van der Waals surface area contributed by atoms with Crippen molar-refractivity contribution in [3.05, 3.63) is 88.8 Å². The van der Waals surface area contributed by atoms with Gasteiger partial charge in [0.1, 0.15) is 17.7 Å². The normalized spacial score (nSPS) is 11.5. The van der Waals surface area contributed by atoms with E-state index in [0.29, 0.717) is 41.0 Å². The molecule has 0 radical (unpaired) electrons. The van der Waals surface area contributed by atoms with Crippen molar-refractivity contribution in [2.45, 2.75) is 26.2 Å². The zero-order valence-electron chi connectivity index (χ0n) is 18.3. The minimum Gasteiger partial charge on any atom is -0.378 e. The molecule has 0 saturated heterocycles. The Kier molecular flexibility index (Phi) is 6.50. The van der Waals surface area contributed by atoms with E-state index < -0.39 is 23.5 Å². The van der Waals surface area contributed by atoms with E-state index in [1.54, 1.807) is 18.3 Å². The van der Waals surface area contributed by atoms with Crippen molar-refractivity contribution in [1.29, 1.82) is 0 Å². The monoisotopic (exact) mass is 485 g/mol. The maximum absolute atomic E-state index is 13.5. The van der Waals surface area contributed by atoms with Crippen molar-refractivity contribution in [2.75, 3.05) is 5.32 Å². The Morgan fingerprint density at radius 3 is 2.40 bits per heavy atom. The van der Waals surface area contributed by atoms with Gasteiger partial charge < -0.3 is 15.6 Å². The summed E-state index contributed by atoms with van der Waals surface area (Å²) in [6.45, 7) is 1.67. The maximum Gasteiger partial charge on any atom is 0.419 e. The summed E-state index contributed by atoms with van der Waals surface area (Å²) in [5.41, 5.74) is 1.63. The highest BCUT2D eigenvalue weighted by Crippen LogP contribution is 2.32. The third-order valence-electron chi connectivity index (χ3n) is 5.31. The topological polar surface area (TPSA) is 99.8 Å². The Bertz CT molecular complexity index is 1400. The molecule has 4 aromatic rings. The first-order valence-corrected chi connectivity index (χ1v) is 10.4. The van der Waals surface area contributed by atoms with Crippen molar-refractivity contribution in [3.8, 4) is 0 Å². The molecule has 0 atom stereocenters. The maximum atomic E-state index is 13.5. The predicted octanol–water partition coefficient (Wildman–Crippen LogP) is 4.86. The zero-order chi connectivity index (χ0) is 25.2. The van der Waals surface area contributed by atoms with Crippen LogP contribution in [0.5, 0.6) is 0 Å². The summed E-state index contributed by atoms with van der Waals surface area (Å²) in [4.78, 5) is 35.2. The van der Waals surface area contributed by atoms with E-state index in [-0.39, 0.29) is 23.6 Å². The number of amides is 1. The number of nitrogens with one attached hydrogen (secondary N) is 3. The number of hydrogen-bond donors (Lipinski definition) is 3. The van der Waals surface area contributed by atoms with Gasteiger partial charge in [-0.2, -0.15) is 13.2 Å². The Balaban J connectivity index is 1.47. The summed E-state index contributed by atoms with van der Waals surface area (Å²) in [6, 6.07) is 9.66. The number of carbonyl (C=O) groups is 2. The number of rotatable bonds is 7. The van der Waals surface area contributed by atoms with Crippen LogP contribution in [-0.2, 0) is 19.3 Å². The van der Waals surface area contributed by atoms with Gasteiger partial charge in [0.05, 0.1) is 16.8 Å². The number of fused-ring (bicyclic) bond motifs is 1. The van der Waals surface area contributed by atoms with Gasteiger partial charge in [-0.3, -0.25) is 9.59 Å². The average molecular weight is 485 g/mol. The highest BCUT2D eigenvalue weighted by atomic mass is 19.4. The van der Waals surface area contributed by atoms with E-state index in [2.05, 4.69) is 25.6 Å². The smallest absolute Gasteiger partial charge is 0.378 e. The molecule has 0 aliphatic rings. The fourth-order valence-corrected chi connectivity index (χ4v) is 3.47. The molecule has 7 nitrogen and oxygen atoms in total. The fourth-order valence-electron chi connectivity index (χ4n) is 3.47. The second kappa shape index (κ2) is 9.53. The van der Waals surface area contributed by atoms with Gasteiger partial charge in [0.15, 0.2) is 11.5 Å². The predicted molar refractivity (Wildman–Crippen MR) is 120 cm³/mol.